The molecule has 0 unspecified atom stereocenters. The van der Waals surface area contributed by atoms with Gasteiger partial charge in [-0.15, -0.1) is 0 Å². The van der Waals surface area contributed by atoms with Crippen LogP contribution in [0.15, 0.2) is 45.4 Å². The standard InChI is InChI=1S/C39H63BrN4O4.C38H65NO5.C2H2BrN3/c1-23(2)24(3)34(7)16-17-36(9)25-12-13-28-35(8)19-47-21-39(28,26(25)14-15-37(36,10)29(34)31(45)46)18-27(44-32(40)42-22-43-44)30(35)48-20-38(11,41)33(4,5)6;1-23(2)24(3)33(7)17-18-35(9)25-13-14-28-34(8)20-43-22-38(28,26(25)15-16-36(35,10)29(33)31(40)41)19-27(42-12)30(34)44-21-37(11,39)32(4,5)6;3-2-4-1-5-6-2/h14,22-25,27-30H,12-13,15-21,41H2,1-11H3,(H,45,46);15,23-25,27-30H,13-14,16-22,39H2,1-12H3,(H,40,41);1H,(H,4,5,6)/t24-,25+,27-,28+,29-,30+,34-,35-,36-,37+,38+,39+;24-,25+,27-,28+,29-,30+,33-,34-,35-,36+,37+,38+;/m11./s1. The number of H-pyrrole nitrogens is 1. The minimum atomic E-state index is -0.619. The summed E-state index contributed by atoms with van der Waals surface area (Å²) in [6.07, 6.45) is 19.5. The van der Waals surface area contributed by atoms with Crippen molar-refractivity contribution in [3.63, 3.8) is 0 Å². The van der Waals surface area contributed by atoms with Crippen molar-refractivity contribution in [1.82, 2.24) is 29.9 Å². The first kappa shape index (κ1) is 78.0. The maximum atomic E-state index is 13.5. The van der Waals surface area contributed by atoms with Crippen molar-refractivity contribution in [2.45, 2.75) is 265 Å². The molecule has 12 rings (SSSR count). The Bertz CT molecular complexity index is 3290. The highest BCUT2D eigenvalue weighted by Gasteiger charge is 2.75. The lowest BCUT2D eigenvalue weighted by Gasteiger charge is -2.71. The summed E-state index contributed by atoms with van der Waals surface area (Å²) in [7, 11) is 1.84. The molecule has 8 aliphatic carbocycles. The van der Waals surface area contributed by atoms with Gasteiger partial charge < -0.3 is 45.4 Å². The Morgan fingerprint density at radius 3 is 1.41 bits per heavy atom. The Morgan fingerprint density at radius 2 is 1.05 bits per heavy atom. The smallest absolute Gasteiger partial charge is 0.307 e. The molecular weight excluding hydrogens is 1360 g/mol. The lowest BCUT2D eigenvalue weighted by molar-refractivity contribution is -0.270. The molecule has 4 heterocycles. The average molecular weight is 1500 g/mol. The van der Waals surface area contributed by atoms with E-state index in [1.165, 1.54) is 11.9 Å². The summed E-state index contributed by atoms with van der Waals surface area (Å²) in [6, 6.07) is -0.0585. The van der Waals surface area contributed by atoms with Gasteiger partial charge in [0, 0.05) is 39.8 Å². The number of carboxylic acid groups (broad SMARTS) is 2. The lowest BCUT2D eigenvalue weighted by atomic mass is 9.34. The highest BCUT2D eigenvalue weighted by atomic mass is 79.9. The molecule has 0 radical (unpaired) electrons. The van der Waals surface area contributed by atoms with Crippen molar-refractivity contribution >= 4 is 43.8 Å². The number of nitrogens with two attached hydrogens (primary N) is 2. The highest BCUT2D eigenvalue weighted by molar-refractivity contribution is 9.10. The van der Waals surface area contributed by atoms with E-state index >= 15 is 0 Å². The Balaban J connectivity index is 0.000000196. The van der Waals surface area contributed by atoms with Crippen molar-refractivity contribution in [3.05, 3.63) is 45.4 Å². The number of aliphatic carboxylic acids is 2. The van der Waals surface area contributed by atoms with Crippen LogP contribution in [0.3, 0.4) is 0 Å². The molecule has 6 saturated carbocycles. The van der Waals surface area contributed by atoms with Crippen molar-refractivity contribution < 1.29 is 43.5 Å². The summed E-state index contributed by atoms with van der Waals surface area (Å²) < 4.78 is 37.0. The molecule has 8 fully saturated rings. The number of hydrogen-bond donors (Lipinski definition) is 5. The molecule has 2 aromatic heterocycles. The van der Waals surface area contributed by atoms with Crippen LogP contribution in [0.4, 0.5) is 0 Å². The van der Waals surface area contributed by atoms with E-state index in [4.69, 9.17) is 40.3 Å². The van der Waals surface area contributed by atoms with E-state index in [2.05, 4.69) is 216 Å². The summed E-state index contributed by atoms with van der Waals surface area (Å²) in [5.74, 6) is 0.988. The molecule has 0 spiro atoms. The third-order valence-electron chi connectivity index (χ3n) is 32.2. The van der Waals surface area contributed by atoms with Crippen LogP contribution < -0.4 is 11.5 Å². The predicted molar refractivity (Wildman–Crippen MR) is 392 cm³/mol. The first-order valence-electron chi connectivity index (χ1n) is 37.6. The summed E-state index contributed by atoms with van der Waals surface area (Å²) in [6.45, 7) is 53.4. The molecule has 24 atom stereocenters. The second-order valence-corrected chi connectivity index (χ2v) is 40.4. The molecule has 17 nitrogen and oxygen atoms in total. The number of halogens is 2. The van der Waals surface area contributed by atoms with E-state index < -0.39 is 28.9 Å². The van der Waals surface area contributed by atoms with E-state index in [-0.39, 0.29) is 95.3 Å². The summed E-state index contributed by atoms with van der Waals surface area (Å²) in [5, 5.41) is 32.9. The fraction of sp³-hybridized carbons (Fsp3) is 0.873. The largest absolute Gasteiger partial charge is 0.481 e. The molecule has 2 aromatic rings. The minimum absolute atomic E-state index is 0.0509. The molecule has 10 aliphatic rings. The third kappa shape index (κ3) is 11.9. The quantitative estimate of drug-likeness (QED) is 0.110. The van der Waals surface area contributed by atoms with Crippen LogP contribution in [0.2, 0.25) is 0 Å². The molecule has 7 N–H and O–H groups in total. The van der Waals surface area contributed by atoms with E-state index in [9.17, 15) is 19.8 Å². The van der Waals surface area contributed by atoms with Gasteiger partial charge in [-0.1, -0.05) is 162 Å². The molecule has 554 valence electrons. The first-order chi connectivity index (χ1) is 45.2. The second kappa shape index (κ2) is 26.5. The van der Waals surface area contributed by atoms with Crippen molar-refractivity contribution in [3.8, 4) is 0 Å². The van der Waals surface area contributed by atoms with E-state index in [1.54, 1.807) is 11.9 Å². The van der Waals surface area contributed by atoms with Gasteiger partial charge in [-0.25, -0.2) is 14.6 Å². The van der Waals surface area contributed by atoms with Gasteiger partial charge in [0.25, 0.3) is 0 Å². The zero-order chi connectivity index (χ0) is 72.8. The van der Waals surface area contributed by atoms with Crippen LogP contribution in [0.5, 0.6) is 0 Å². The first-order valence-corrected chi connectivity index (χ1v) is 39.2. The monoisotopic (exact) mass is 1490 g/mol. The zero-order valence-electron chi connectivity index (χ0n) is 64.5. The van der Waals surface area contributed by atoms with E-state index in [1.807, 2.05) is 11.8 Å². The van der Waals surface area contributed by atoms with Crippen molar-refractivity contribution in [1.29, 1.82) is 0 Å². The molecule has 0 amide bonds. The van der Waals surface area contributed by atoms with Gasteiger partial charge in [-0.2, -0.15) is 10.2 Å². The van der Waals surface area contributed by atoms with Crippen LogP contribution >= 0.6 is 31.9 Å². The Morgan fingerprint density at radius 1 is 0.622 bits per heavy atom. The number of fused-ring (bicyclic) bond motifs is 6. The summed E-state index contributed by atoms with van der Waals surface area (Å²) in [5.41, 5.74) is 13.4. The Labute approximate surface area is 606 Å². The van der Waals surface area contributed by atoms with Crippen LogP contribution in [0.1, 0.15) is 235 Å². The number of carboxylic acids is 2. The van der Waals surface area contributed by atoms with Crippen LogP contribution in [0.25, 0.3) is 0 Å². The van der Waals surface area contributed by atoms with Crippen molar-refractivity contribution in [2.75, 3.05) is 46.8 Å². The third-order valence-corrected chi connectivity index (χ3v) is 33.2. The van der Waals surface area contributed by atoms with Gasteiger partial charge in [0.1, 0.15) is 12.7 Å². The predicted octanol–water partition coefficient (Wildman–Crippen LogP) is 16.6. The zero-order valence-corrected chi connectivity index (χ0v) is 67.7. The fourth-order valence-electron chi connectivity index (χ4n) is 23.8. The maximum absolute atomic E-state index is 13.5. The van der Waals surface area contributed by atoms with E-state index in [0.717, 1.165) is 83.7 Å². The number of rotatable bonds is 14. The lowest BCUT2D eigenvalue weighted by Crippen LogP contribution is -2.70. The minimum Gasteiger partial charge on any atom is -0.481 e. The van der Waals surface area contributed by atoms with Crippen LogP contribution in [0, 0.1) is 124 Å². The van der Waals surface area contributed by atoms with Crippen LogP contribution in [-0.2, 0) is 33.3 Å². The number of nitrogens with one attached hydrogen (secondary N) is 1. The number of nitrogens with zero attached hydrogens (tertiary/aromatic N) is 5. The number of hydrogen-bond acceptors (Lipinski definition) is 13. The average Bonchev–Trinajstić information content (AvgIpc) is 0.766. The molecule has 2 aliphatic heterocycles. The van der Waals surface area contributed by atoms with E-state index in [0.29, 0.717) is 89.8 Å². The van der Waals surface area contributed by atoms with Gasteiger partial charge in [-0.05, 0) is 213 Å². The number of aromatic nitrogens is 6. The maximum Gasteiger partial charge on any atom is 0.307 e. The molecule has 0 aromatic carbocycles. The SMILES string of the molecule is Brc1ncn[nH]1.CC(C)[C@@H](C)[C@@]1(C)CC[C@]2(C)[C@H]3CC[C@@H]4[C@@]5(COC[C@@]4(C)[C@@H](OC[C@](C)(N)C(C)(C)C)[C@H](n4ncnc4Br)C5)C3=CC[C@@]2(C)[C@@H]1C(=O)O.CO[C@@H]1C[C@@]23COC[C@](C)([C@@H]2CC[C@H]2C3=CC[C@@]3(C)[C@H](C(=O)O)[C@@](C)([C@H](C)C(C)C)CC[C@]23C)[C@H]1OC[C@](C)(N)C(C)(C)C. The molecular formula is C79H130Br2N8O9. The summed E-state index contributed by atoms with van der Waals surface area (Å²) >= 11 is 6.78. The number of carbonyl (C=O) groups is 2. The second-order valence-electron chi connectivity index (χ2n) is 39.0. The molecule has 2 saturated heterocycles. The number of aromatic amines is 1. The van der Waals surface area contributed by atoms with Crippen LogP contribution in [-0.4, -0.2) is 128 Å². The topological polar surface area (TPSA) is 245 Å². The van der Waals surface area contributed by atoms with Gasteiger partial charge in [0.15, 0.2) is 9.47 Å². The van der Waals surface area contributed by atoms with Crippen molar-refractivity contribution in [2.24, 2.45) is 136 Å². The molecule has 19 heteroatoms. The number of ether oxygens (including phenoxy) is 5. The highest BCUT2D eigenvalue weighted by Crippen LogP contribution is 2.78. The van der Waals surface area contributed by atoms with Gasteiger partial charge in [0.2, 0.25) is 0 Å². The normalized spacial score (nSPS) is 43.7. The fourth-order valence-corrected chi connectivity index (χ4v) is 24.5. The Hall–Kier alpha value is -2.62. The van der Waals surface area contributed by atoms with Gasteiger partial charge >= 0.3 is 11.9 Å². The van der Waals surface area contributed by atoms with Gasteiger partial charge in [0.05, 0.1) is 75.8 Å². The number of allylic oxidation sites excluding steroid dienone is 2. The summed E-state index contributed by atoms with van der Waals surface area (Å²) in [4.78, 5) is 35.0. The number of methoxy groups -OCH3 is 1. The van der Waals surface area contributed by atoms with Gasteiger partial charge in [-0.3, -0.25) is 14.7 Å². The Kier molecular flexibility index (Phi) is 21.0. The molecule has 4 bridgehead atoms. The molecule has 98 heavy (non-hydrogen) atoms.